The molecule has 0 bridgehead atoms. The fraction of sp³-hybridized carbons (Fsp3) is 0.900. The molecule has 0 saturated carbocycles. The van der Waals surface area contributed by atoms with E-state index in [1.807, 2.05) is 4.90 Å². The highest BCUT2D eigenvalue weighted by Crippen LogP contribution is 2.21. The minimum Gasteiger partial charge on any atom is -0.341 e. The quantitative estimate of drug-likeness (QED) is 0.645. The van der Waals surface area contributed by atoms with E-state index >= 15 is 0 Å². The van der Waals surface area contributed by atoms with Gasteiger partial charge >= 0.3 is 0 Å². The summed E-state index contributed by atoms with van der Waals surface area (Å²) in [5, 5.41) is 0. The van der Waals surface area contributed by atoms with E-state index in [1.165, 1.54) is 6.42 Å². The third-order valence-electron chi connectivity index (χ3n) is 2.75. The Morgan fingerprint density at radius 2 is 1.93 bits per heavy atom. The Balaban J connectivity index is 2.54. The van der Waals surface area contributed by atoms with Gasteiger partial charge in [0.05, 0.1) is 6.04 Å². The van der Waals surface area contributed by atoms with E-state index < -0.39 is 6.04 Å². The largest absolute Gasteiger partial charge is 0.341 e. The van der Waals surface area contributed by atoms with E-state index in [9.17, 15) is 4.79 Å². The van der Waals surface area contributed by atoms with Crippen molar-refractivity contribution in [3.8, 4) is 0 Å². The molecule has 0 aliphatic carbocycles. The van der Waals surface area contributed by atoms with Crippen LogP contribution in [-0.4, -0.2) is 36.5 Å². The van der Waals surface area contributed by atoms with Crippen molar-refractivity contribution < 1.29 is 4.79 Å². The van der Waals surface area contributed by atoms with Crippen molar-refractivity contribution in [1.82, 2.24) is 4.90 Å². The minimum atomic E-state index is -0.521. The van der Waals surface area contributed by atoms with Gasteiger partial charge in [-0.15, -0.1) is 0 Å². The van der Waals surface area contributed by atoms with Gasteiger partial charge in [0.25, 0.3) is 0 Å². The highest BCUT2D eigenvalue weighted by molar-refractivity contribution is 5.82. The van der Waals surface area contributed by atoms with Gasteiger partial charge < -0.3 is 16.4 Å². The lowest BCUT2D eigenvalue weighted by molar-refractivity contribution is -0.135. The second kappa shape index (κ2) is 4.75. The average molecular weight is 199 g/mol. The number of carbonyl (C=O) groups excluding carboxylic acids is 1. The minimum absolute atomic E-state index is 0.00546. The van der Waals surface area contributed by atoms with Gasteiger partial charge in [-0.1, -0.05) is 13.8 Å². The van der Waals surface area contributed by atoms with Crippen molar-refractivity contribution >= 4 is 5.91 Å². The van der Waals surface area contributed by atoms with Crippen LogP contribution in [0.15, 0.2) is 0 Å². The summed E-state index contributed by atoms with van der Waals surface area (Å²) >= 11 is 0. The first-order chi connectivity index (χ1) is 6.54. The molecule has 0 aromatic carbocycles. The van der Waals surface area contributed by atoms with Gasteiger partial charge in [-0.25, -0.2) is 0 Å². The van der Waals surface area contributed by atoms with Crippen molar-refractivity contribution in [3.63, 3.8) is 0 Å². The summed E-state index contributed by atoms with van der Waals surface area (Å²) in [6, 6.07) is -0.521. The number of piperidine rings is 1. The number of likely N-dealkylation sites (tertiary alicyclic amines) is 1. The summed E-state index contributed by atoms with van der Waals surface area (Å²) in [6.07, 6.45) is 1.20. The molecular weight excluding hydrogens is 178 g/mol. The molecule has 3 unspecified atom stereocenters. The zero-order valence-electron chi connectivity index (χ0n) is 9.07. The molecule has 4 N–H and O–H groups in total. The molecule has 82 valence electrons. The number of amides is 1. The van der Waals surface area contributed by atoms with Gasteiger partial charge in [-0.05, 0) is 18.3 Å². The van der Waals surface area contributed by atoms with Crippen molar-refractivity contribution in [3.05, 3.63) is 0 Å². The van der Waals surface area contributed by atoms with Crippen LogP contribution in [0, 0.1) is 11.8 Å². The number of nitrogens with zero attached hydrogens (tertiary/aromatic N) is 1. The molecule has 1 heterocycles. The van der Waals surface area contributed by atoms with Crippen LogP contribution >= 0.6 is 0 Å². The van der Waals surface area contributed by atoms with E-state index in [4.69, 9.17) is 11.5 Å². The van der Waals surface area contributed by atoms with Crippen LogP contribution < -0.4 is 11.5 Å². The van der Waals surface area contributed by atoms with Gasteiger partial charge in [0.15, 0.2) is 0 Å². The lowest BCUT2D eigenvalue weighted by Gasteiger charge is -2.36. The zero-order chi connectivity index (χ0) is 10.7. The number of hydrogen-bond acceptors (Lipinski definition) is 3. The third kappa shape index (κ3) is 2.69. The van der Waals surface area contributed by atoms with Crippen LogP contribution in [-0.2, 0) is 4.79 Å². The Morgan fingerprint density at radius 3 is 2.36 bits per heavy atom. The Bertz CT molecular complexity index is 198. The van der Waals surface area contributed by atoms with E-state index in [0.29, 0.717) is 11.8 Å². The molecule has 4 heteroatoms. The monoisotopic (exact) mass is 199 g/mol. The first-order valence-electron chi connectivity index (χ1n) is 5.29. The molecule has 1 rings (SSSR count). The van der Waals surface area contributed by atoms with Crippen molar-refractivity contribution in [2.24, 2.45) is 23.3 Å². The van der Waals surface area contributed by atoms with Crippen molar-refractivity contribution in [2.75, 3.05) is 19.6 Å². The van der Waals surface area contributed by atoms with Crippen LogP contribution in [0.4, 0.5) is 0 Å². The van der Waals surface area contributed by atoms with Gasteiger partial charge in [-0.2, -0.15) is 0 Å². The molecular formula is C10H21N3O. The second-order valence-corrected chi connectivity index (χ2v) is 4.53. The molecule has 3 atom stereocenters. The van der Waals surface area contributed by atoms with Crippen LogP contribution in [0.5, 0.6) is 0 Å². The molecule has 1 aliphatic rings. The molecule has 14 heavy (non-hydrogen) atoms. The van der Waals surface area contributed by atoms with Crippen molar-refractivity contribution in [1.29, 1.82) is 0 Å². The maximum absolute atomic E-state index is 11.7. The predicted molar refractivity (Wildman–Crippen MR) is 56.6 cm³/mol. The van der Waals surface area contributed by atoms with Crippen LogP contribution in [0.2, 0.25) is 0 Å². The Hall–Kier alpha value is -0.610. The Morgan fingerprint density at radius 1 is 1.43 bits per heavy atom. The molecule has 0 spiro atoms. The maximum Gasteiger partial charge on any atom is 0.240 e. The summed E-state index contributed by atoms with van der Waals surface area (Å²) in [6.45, 7) is 6.24. The maximum atomic E-state index is 11.7. The number of nitrogens with two attached hydrogens (primary N) is 2. The summed E-state index contributed by atoms with van der Waals surface area (Å²) in [5.41, 5.74) is 11.0. The highest BCUT2D eigenvalue weighted by Gasteiger charge is 2.27. The van der Waals surface area contributed by atoms with E-state index in [1.54, 1.807) is 0 Å². The van der Waals surface area contributed by atoms with Gasteiger partial charge in [-0.3, -0.25) is 4.79 Å². The normalized spacial score (nSPS) is 30.1. The average Bonchev–Trinajstić information content (AvgIpc) is 2.14. The Labute approximate surface area is 85.6 Å². The van der Waals surface area contributed by atoms with E-state index in [-0.39, 0.29) is 12.5 Å². The molecule has 1 amide bonds. The molecule has 0 aromatic heterocycles. The lowest BCUT2D eigenvalue weighted by atomic mass is 9.91. The van der Waals surface area contributed by atoms with E-state index in [2.05, 4.69) is 13.8 Å². The SMILES string of the molecule is CC1CC(C)CN(C(=O)C(N)CN)C1. The molecule has 0 radical (unpaired) electrons. The molecule has 1 fully saturated rings. The molecule has 1 aliphatic heterocycles. The number of carbonyl (C=O) groups is 1. The standard InChI is InChI=1S/C10H21N3O/c1-7-3-8(2)6-13(5-7)10(14)9(12)4-11/h7-9H,3-6,11-12H2,1-2H3. The topological polar surface area (TPSA) is 72.3 Å². The van der Waals surface area contributed by atoms with Crippen LogP contribution in [0.3, 0.4) is 0 Å². The van der Waals surface area contributed by atoms with E-state index in [0.717, 1.165) is 13.1 Å². The summed E-state index contributed by atoms with van der Waals surface area (Å²) in [4.78, 5) is 13.6. The third-order valence-corrected chi connectivity index (χ3v) is 2.75. The smallest absolute Gasteiger partial charge is 0.240 e. The molecule has 1 saturated heterocycles. The van der Waals surface area contributed by atoms with Gasteiger partial charge in [0, 0.05) is 19.6 Å². The first kappa shape index (κ1) is 11.5. The van der Waals surface area contributed by atoms with Gasteiger partial charge in [0.2, 0.25) is 5.91 Å². The highest BCUT2D eigenvalue weighted by atomic mass is 16.2. The summed E-state index contributed by atoms with van der Waals surface area (Å²) in [5.74, 6) is 1.16. The molecule has 0 aromatic rings. The second-order valence-electron chi connectivity index (χ2n) is 4.53. The predicted octanol–water partition coefficient (Wildman–Crippen LogP) is -0.223. The number of rotatable bonds is 2. The molecule has 4 nitrogen and oxygen atoms in total. The first-order valence-corrected chi connectivity index (χ1v) is 5.29. The van der Waals surface area contributed by atoms with Gasteiger partial charge in [0.1, 0.15) is 0 Å². The lowest BCUT2D eigenvalue weighted by Crippen LogP contribution is -2.52. The Kier molecular flexibility index (Phi) is 3.89. The zero-order valence-corrected chi connectivity index (χ0v) is 9.07. The fourth-order valence-electron chi connectivity index (χ4n) is 2.18. The van der Waals surface area contributed by atoms with Crippen LogP contribution in [0.25, 0.3) is 0 Å². The fourth-order valence-corrected chi connectivity index (χ4v) is 2.18. The summed E-state index contributed by atoms with van der Waals surface area (Å²) < 4.78 is 0. The van der Waals surface area contributed by atoms with Crippen molar-refractivity contribution in [2.45, 2.75) is 26.3 Å². The summed E-state index contributed by atoms with van der Waals surface area (Å²) in [7, 11) is 0. The van der Waals surface area contributed by atoms with Crippen LogP contribution in [0.1, 0.15) is 20.3 Å². The number of hydrogen-bond donors (Lipinski definition) is 2.